The summed E-state index contributed by atoms with van der Waals surface area (Å²) in [6.07, 6.45) is 1.70. The van der Waals surface area contributed by atoms with Gasteiger partial charge in [-0.15, -0.1) is 0 Å². The molecule has 0 bridgehead atoms. The van der Waals surface area contributed by atoms with Crippen molar-refractivity contribution >= 4 is 29.1 Å². The van der Waals surface area contributed by atoms with E-state index in [1.54, 1.807) is 10.9 Å². The minimum Gasteiger partial charge on any atom is -0.339 e. The van der Waals surface area contributed by atoms with E-state index >= 15 is 0 Å². The predicted molar refractivity (Wildman–Crippen MR) is 95.3 cm³/mol. The lowest BCUT2D eigenvalue weighted by Gasteiger charge is -2.34. The van der Waals surface area contributed by atoms with Crippen molar-refractivity contribution in [1.82, 2.24) is 19.6 Å². The Morgan fingerprint density at radius 3 is 2.46 bits per heavy atom. The lowest BCUT2D eigenvalue weighted by atomic mass is 10.2. The molecule has 0 unspecified atom stereocenters. The first-order chi connectivity index (χ1) is 11.5. The van der Waals surface area contributed by atoms with E-state index in [9.17, 15) is 4.79 Å². The third-order valence-electron chi connectivity index (χ3n) is 4.26. The van der Waals surface area contributed by atoms with Crippen LogP contribution in [0.2, 0.25) is 10.0 Å². The molecule has 1 saturated heterocycles. The van der Waals surface area contributed by atoms with Crippen molar-refractivity contribution in [3.63, 3.8) is 0 Å². The van der Waals surface area contributed by atoms with Crippen LogP contribution in [0.5, 0.6) is 0 Å². The Morgan fingerprint density at radius 2 is 1.83 bits per heavy atom. The lowest BCUT2D eigenvalue weighted by Crippen LogP contribution is -2.49. The molecular formula is C17H20Cl2N4O. The molecule has 1 aliphatic heterocycles. The summed E-state index contributed by atoms with van der Waals surface area (Å²) in [4.78, 5) is 16.6. The number of carbonyl (C=O) groups excluding carboxylic acids is 1. The highest BCUT2D eigenvalue weighted by atomic mass is 35.5. The number of hydrogen-bond acceptors (Lipinski definition) is 3. The summed E-state index contributed by atoms with van der Waals surface area (Å²) >= 11 is 12.2. The van der Waals surface area contributed by atoms with Crippen molar-refractivity contribution in [3.05, 3.63) is 51.8 Å². The number of benzene rings is 1. The molecule has 5 nitrogen and oxygen atoms in total. The van der Waals surface area contributed by atoms with Gasteiger partial charge < -0.3 is 4.90 Å². The quantitative estimate of drug-likeness (QED) is 0.835. The smallest absolute Gasteiger partial charge is 0.244 e. The fourth-order valence-corrected chi connectivity index (χ4v) is 3.18. The molecule has 24 heavy (non-hydrogen) atoms. The number of rotatable bonds is 4. The summed E-state index contributed by atoms with van der Waals surface area (Å²) in [6, 6.07) is 7.89. The largest absolute Gasteiger partial charge is 0.339 e. The minimum absolute atomic E-state index is 0.0755. The van der Waals surface area contributed by atoms with Crippen LogP contribution in [0.15, 0.2) is 30.5 Å². The highest BCUT2D eigenvalue weighted by Crippen LogP contribution is 2.18. The molecule has 0 aliphatic carbocycles. The molecule has 1 aromatic heterocycles. The highest BCUT2D eigenvalue weighted by molar-refractivity contribution is 6.31. The Kier molecular flexibility index (Phi) is 5.43. The molecule has 2 heterocycles. The van der Waals surface area contributed by atoms with Gasteiger partial charge in [0, 0.05) is 43.9 Å². The fourth-order valence-electron chi connectivity index (χ4n) is 2.84. The molecule has 3 rings (SSSR count). The molecule has 0 radical (unpaired) electrons. The number of carbonyl (C=O) groups is 1. The fraction of sp³-hybridized carbons (Fsp3) is 0.412. The van der Waals surface area contributed by atoms with E-state index in [1.165, 1.54) is 0 Å². The van der Waals surface area contributed by atoms with Crippen molar-refractivity contribution in [3.8, 4) is 0 Å². The van der Waals surface area contributed by atoms with Crippen LogP contribution in [0.3, 0.4) is 0 Å². The molecule has 1 aliphatic rings. The summed E-state index contributed by atoms with van der Waals surface area (Å²) in [5.41, 5.74) is 1.87. The van der Waals surface area contributed by atoms with E-state index in [-0.39, 0.29) is 12.5 Å². The van der Waals surface area contributed by atoms with E-state index < -0.39 is 0 Å². The topological polar surface area (TPSA) is 41.4 Å². The zero-order chi connectivity index (χ0) is 17.1. The molecule has 1 fully saturated rings. The molecule has 1 aromatic carbocycles. The average Bonchev–Trinajstić information content (AvgIpc) is 2.88. The van der Waals surface area contributed by atoms with Gasteiger partial charge in [-0.25, -0.2) is 0 Å². The van der Waals surface area contributed by atoms with E-state index in [4.69, 9.17) is 23.2 Å². The molecule has 2 aromatic rings. The van der Waals surface area contributed by atoms with Crippen LogP contribution in [-0.2, 0) is 17.9 Å². The number of piperazine rings is 1. The van der Waals surface area contributed by atoms with Crippen LogP contribution in [0, 0.1) is 6.92 Å². The first-order valence-electron chi connectivity index (χ1n) is 7.96. The summed E-state index contributed by atoms with van der Waals surface area (Å²) in [5, 5.41) is 5.62. The van der Waals surface area contributed by atoms with Crippen LogP contribution in [0.25, 0.3) is 0 Å². The van der Waals surface area contributed by atoms with E-state index in [0.717, 1.165) is 49.0 Å². The van der Waals surface area contributed by atoms with Gasteiger partial charge in [0.1, 0.15) is 6.54 Å². The van der Waals surface area contributed by atoms with Crippen molar-refractivity contribution in [1.29, 1.82) is 0 Å². The maximum Gasteiger partial charge on any atom is 0.244 e. The van der Waals surface area contributed by atoms with Crippen LogP contribution in [-0.4, -0.2) is 51.7 Å². The van der Waals surface area contributed by atoms with Gasteiger partial charge in [-0.2, -0.15) is 5.10 Å². The molecule has 0 saturated carbocycles. The van der Waals surface area contributed by atoms with Gasteiger partial charge in [0.05, 0.1) is 10.7 Å². The van der Waals surface area contributed by atoms with Gasteiger partial charge in [0.2, 0.25) is 5.91 Å². The van der Waals surface area contributed by atoms with Gasteiger partial charge in [-0.3, -0.25) is 14.4 Å². The Hall–Kier alpha value is -1.56. The molecule has 1 amide bonds. The predicted octanol–water partition coefficient (Wildman–Crippen LogP) is 2.84. The second-order valence-electron chi connectivity index (χ2n) is 6.01. The summed E-state index contributed by atoms with van der Waals surface area (Å²) in [5.74, 6) is 0.0755. The number of aromatic nitrogens is 2. The van der Waals surface area contributed by atoms with Crippen LogP contribution < -0.4 is 0 Å². The molecule has 7 heteroatoms. The zero-order valence-electron chi connectivity index (χ0n) is 13.6. The third-order valence-corrected chi connectivity index (χ3v) is 5.00. The number of hydrogen-bond donors (Lipinski definition) is 0. The van der Waals surface area contributed by atoms with Gasteiger partial charge in [-0.05, 0) is 18.6 Å². The molecular weight excluding hydrogens is 347 g/mol. The maximum atomic E-state index is 12.4. The molecule has 0 atom stereocenters. The second kappa shape index (κ2) is 7.55. The molecule has 0 N–H and O–H groups in total. The second-order valence-corrected chi connectivity index (χ2v) is 6.82. The van der Waals surface area contributed by atoms with Crippen LogP contribution in [0.1, 0.15) is 11.3 Å². The number of aryl methyl sites for hydroxylation is 1. The Labute approximate surface area is 151 Å². The van der Waals surface area contributed by atoms with Crippen molar-refractivity contribution in [2.75, 3.05) is 26.2 Å². The normalized spacial score (nSPS) is 15.7. The first-order valence-corrected chi connectivity index (χ1v) is 8.71. The van der Waals surface area contributed by atoms with Crippen LogP contribution in [0.4, 0.5) is 0 Å². The monoisotopic (exact) mass is 366 g/mol. The Balaban J connectivity index is 1.51. The number of halogens is 2. The van der Waals surface area contributed by atoms with E-state index in [1.807, 2.05) is 36.1 Å². The SMILES string of the molecule is Cc1nn(CC(=O)N2CCN(Cc3ccccc3Cl)CC2)cc1Cl. The van der Waals surface area contributed by atoms with Crippen molar-refractivity contribution in [2.45, 2.75) is 20.0 Å². The number of nitrogens with zero attached hydrogens (tertiary/aromatic N) is 4. The summed E-state index contributed by atoms with van der Waals surface area (Å²) in [6.45, 7) is 6.00. The van der Waals surface area contributed by atoms with E-state index in [0.29, 0.717) is 5.02 Å². The Bertz CT molecular complexity index is 704. The molecule has 0 spiro atoms. The first kappa shape index (κ1) is 17.3. The van der Waals surface area contributed by atoms with Crippen LogP contribution >= 0.6 is 23.2 Å². The molecule has 128 valence electrons. The third kappa shape index (κ3) is 4.09. The number of amides is 1. The zero-order valence-corrected chi connectivity index (χ0v) is 15.1. The average molecular weight is 367 g/mol. The van der Waals surface area contributed by atoms with Crippen molar-refractivity contribution < 1.29 is 4.79 Å². The minimum atomic E-state index is 0.0755. The Morgan fingerprint density at radius 1 is 1.12 bits per heavy atom. The summed E-state index contributed by atoms with van der Waals surface area (Å²) in [7, 11) is 0. The van der Waals surface area contributed by atoms with E-state index in [2.05, 4.69) is 10.00 Å². The summed E-state index contributed by atoms with van der Waals surface area (Å²) < 4.78 is 1.61. The highest BCUT2D eigenvalue weighted by Gasteiger charge is 2.22. The lowest BCUT2D eigenvalue weighted by molar-refractivity contribution is -0.133. The standard InChI is InChI=1S/C17H20Cl2N4O/c1-13-16(19)11-23(20-13)12-17(24)22-8-6-21(7-9-22)10-14-4-2-3-5-15(14)18/h2-5,11H,6-10,12H2,1H3. The van der Waals surface area contributed by atoms with Gasteiger partial charge in [0.25, 0.3) is 0 Å². The van der Waals surface area contributed by atoms with Gasteiger partial charge >= 0.3 is 0 Å². The van der Waals surface area contributed by atoms with Gasteiger partial charge in [0.15, 0.2) is 0 Å². The maximum absolute atomic E-state index is 12.4. The van der Waals surface area contributed by atoms with Crippen molar-refractivity contribution in [2.24, 2.45) is 0 Å². The van der Waals surface area contributed by atoms with Gasteiger partial charge in [-0.1, -0.05) is 41.4 Å².